The van der Waals surface area contributed by atoms with E-state index in [0.29, 0.717) is 6.10 Å². The van der Waals surface area contributed by atoms with Crippen LogP contribution in [-0.4, -0.2) is 12.7 Å². The first kappa shape index (κ1) is 10.7. The SMILES string of the molecule is c1ccc(CCCCCCC2CO2)cc1. The third-order valence-electron chi connectivity index (χ3n) is 2.99. The summed E-state index contributed by atoms with van der Waals surface area (Å²) in [7, 11) is 0. The molecule has 0 radical (unpaired) electrons. The van der Waals surface area contributed by atoms with Crippen molar-refractivity contribution in [1.29, 1.82) is 0 Å². The van der Waals surface area contributed by atoms with E-state index in [2.05, 4.69) is 30.3 Å². The average molecular weight is 204 g/mol. The van der Waals surface area contributed by atoms with Crippen LogP contribution in [0.2, 0.25) is 0 Å². The predicted molar refractivity (Wildman–Crippen MR) is 63.0 cm³/mol. The molecule has 2 rings (SSSR count). The molecule has 0 bridgehead atoms. The number of hydrogen-bond acceptors (Lipinski definition) is 1. The molecule has 0 N–H and O–H groups in total. The molecule has 82 valence electrons. The molecule has 15 heavy (non-hydrogen) atoms. The molecular formula is C14H20O. The van der Waals surface area contributed by atoms with Crippen molar-refractivity contribution in [2.75, 3.05) is 6.61 Å². The molecule has 1 heterocycles. The predicted octanol–water partition coefficient (Wildman–Crippen LogP) is 3.58. The van der Waals surface area contributed by atoms with Crippen LogP contribution in [0.4, 0.5) is 0 Å². The van der Waals surface area contributed by atoms with E-state index in [1.807, 2.05) is 0 Å². The minimum absolute atomic E-state index is 0.624. The van der Waals surface area contributed by atoms with Crippen molar-refractivity contribution in [3.63, 3.8) is 0 Å². The zero-order chi connectivity index (χ0) is 10.3. The van der Waals surface area contributed by atoms with Gasteiger partial charge in [-0.15, -0.1) is 0 Å². The Morgan fingerprint density at radius 2 is 1.73 bits per heavy atom. The van der Waals surface area contributed by atoms with Crippen molar-refractivity contribution in [1.82, 2.24) is 0 Å². The number of rotatable bonds is 7. The fourth-order valence-electron chi connectivity index (χ4n) is 1.93. The number of epoxide rings is 1. The lowest BCUT2D eigenvalue weighted by molar-refractivity contribution is 0.388. The Hall–Kier alpha value is -0.820. The Kier molecular flexibility index (Phi) is 4.22. The van der Waals surface area contributed by atoms with Gasteiger partial charge in [-0.3, -0.25) is 0 Å². The second-order valence-electron chi connectivity index (χ2n) is 4.39. The van der Waals surface area contributed by atoms with Gasteiger partial charge in [0.2, 0.25) is 0 Å². The Balaban J connectivity index is 1.47. The van der Waals surface area contributed by atoms with Gasteiger partial charge in [-0.25, -0.2) is 0 Å². The van der Waals surface area contributed by atoms with E-state index in [9.17, 15) is 0 Å². The molecule has 1 fully saturated rings. The Bertz CT molecular complexity index is 264. The zero-order valence-corrected chi connectivity index (χ0v) is 9.32. The second-order valence-corrected chi connectivity index (χ2v) is 4.39. The topological polar surface area (TPSA) is 12.5 Å². The molecule has 0 amide bonds. The normalized spacial score (nSPS) is 19.1. The molecule has 1 unspecified atom stereocenters. The molecule has 0 spiro atoms. The minimum atomic E-state index is 0.624. The molecule has 1 saturated heterocycles. The molecule has 0 saturated carbocycles. The minimum Gasteiger partial charge on any atom is -0.373 e. The van der Waals surface area contributed by atoms with Crippen molar-refractivity contribution in [2.45, 2.75) is 44.6 Å². The van der Waals surface area contributed by atoms with Gasteiger partial charge in [-0.2, -0.15) is 0 Å². The molecular weight excluding hydrogens is 184 g/mol. The molecule has 0 aromatic heterocycles. The maximum absolute atomic E-state index is 5.18. The van der Waals surface area contributed by atoms with Gasteiger partial charge < -0.3 is 4.74 Å². The molecule has 1 heteroatoms. The number of benzene rings is 1. The molecule has 1 aliphatic heterocycles. The fourth-order valence-corrected chi connectivity index (χ4v) is 1.93. The molecule has 1 nitrogen and oxygen atoms in total. The van der Waals surface area contributed by atoms with Gasteiger partial charge in [0.05, 0.1) is 12.7 Å². The van der Waals surface area contributed by atoms with Crippen LogP contribution >= 0.6 is 0 Å². The maximum Gasteiger partial charge on any atom is 0.0810 e. The van der Waals surface area contributed by atoms with E-state index in [-0.39, 0.29) is 0 Å². The van der Waals surface area contributed by atoms with Gasteiger partial charge in [-0.05, 0) is 24.8 Å². The van der Waals surface area contributed by atoms with Crippen LogP contribution in [0.1, 0.15) is 37.7 Å². The largest absolute Gasteiger partial charge is 0.373 e. The summed E-state index contributed by atoms with van der Waals surface area (Å²) in [5.41, 5.74) is 1.48. The first-order valence-electron chi connectivity index (χ1n) is 6.11. The Labute approximate surface area is 92.5 Å². The molecule has 1 aromatic rings. The van der Waals surface area contributed by atoms with Crippen LogP contribution in [0.15, 0.2) is 30.3 Å². The van der Waals surface area contributed by atoms with E-state index < -0.39 is 0 Å². The lowest BCUT2D eigenvalue weighted by Crippen LogP contribution is -1.88. The third kappa shape index (κ3) is 4.48. The summed E-state index contributed by atoms with van der Waals surface area (Å²) >= 11 is 0. The number of ether oxygens (including phenoxy) is 1. The van der Waals surface area contributed by atoms with Gasteiger partial charge >= 0.3 is 0 Å². The fraction of sp³-hybridized carbons (Fsp3) is 0.571. The first-order valence-corrected chi connectivity index (χ1v) is 6.11. The van der Waals surface area contributed by atoms with Crippen molar-refractivity contribution in [3.05, 3.63) is 35.9 Å². The summed E-state index contributed by atoms with van der Waals surface area (Å²) in [4.78, 5) is 0. The first-order chi connectivity index (χ1) is 7.45. The van der Waals surface area contributed by atoms with E-state index in [4.69, 9.17) is 4.74 Å². The molecule has 1 aromatic carbocycles. The van der Waals surface area contributed by atoms with Crippen molar-refractivity contribution >= 4 is 0 Å². The summed E-state index contributed by atoms with van der Waals surface area (Å²) in [6, 6.07) is 10.8. The van der Waals surface area contributed by atoms with Gasteiger partial charge in [0.1, 0.15) is 0 Å². The highest BCUT2D eigenvalue weighted by molar-refractivity contribution is 5.14. The second kappa shape index (κ2) is 5.92. The quantitative estimate of drug-likeness (QED) is 0.488. The number of hydrogen-bond donors (Lipinski definition) is 0. The molecule has 0 aliphatic carbocycles. The lowest BCUT2D eigenvalue weighted by Gasteiger charge is -2.01. The Morgan fingerprint density at radius 3 is 2.47 bits per heavy atom. The van der Waals surface area contributed by atoms with Gasteiger partial charge in [-0.1, -0.05) is 49.6 Å². The third-order valence-corrected chi connectivity index (χ3v) is 2.99. The van der Waals surface area contributed by atoms with Crippen LogP contribution in [0.25, 0.3) is 0 Å². The van der Waals surface area contributed by atoms with E-state index in [0.717, 1.165) is 6.61 Å². The molecule has 1 aliphatic rings. The summed E-state index contributed by atoms with van der Waals surface area (Å²) in [6.45, 7) is 1.02. The molecule has 1 atom stereocenters. The van der Waals surface area contributed by atoms with Gasteiger partial charge in [0.25, 0.3) is 0 Å². The monoisotopic (exact) mass is 204 g/mol. The van der Waals surface area contributed by atoms with Crippen molar-refractivity contribution in [2.24, 2.45) is 0 Å². The number of unbranched alkanes of at least 4 members (excludes halogenated alkanes) is 3. The van der Waals surface area contributed by atoms with Crippen molar-refractivity contribution in [3.8, 4) is 0 Å². The summed E-state index contributed by atoms with van der Waals surface area (Å²) in [6.07, 6.45) is 8.55. The van der Waals surface area contributed by atoms with Crippen LogP contribution in [0, 0.1) is 0 Å². The van der Waals surface area contributed by atoms with Crippen LogP contribution in [0.5, 0.6) is 0 Å². The van der Waals surface area contributed by atoms with Crippen LogP contribution in [0.3, 0.4) is 0 Å². The smallest absolute Gasteiger partial charge is 0.0810 e. The summed E-state index contributed by atoms with van der Waals surface area (Å²) in [5.74, 6) is 0. The number of aryl methyl sites for hydroxylation is 1. The maximum atomic E-state index is 5.18. The van der Waals surface area contributed by atoms with E-state index >= 15 is 0 Å². The standard InChI is InChI=1S/C14H20O/c1(2-7-11-14-12-15-14)4-8-13-9-5-3-6-10-13/h3,5-6,9-10,14H,1-2,4,7-8,11-12H2. The highest BCUT2D eigenvalue weighted by Gasteiger charge is 2.20. The van der Waals surface area contributed by atoms with Crippen molar-refractivity contribution < 1.29 is 4.74 Å². The highest BCUT2D eigenvalue weighted by Crippen LogP contribution is 2.17. The van der Waals surface area contributed by atoms with E-state index in [1.165, 1.54) is 44.1 Å². The summed E-state index contributed by atoms with van der Waals surface area (Å²) in [5, 5.41) is 0. The summed E-state index contributed by atoms with van der Waals surface area (Å²) < 4.78 is 5.18. The van der Waals surface area contributed by atoms with Crippen LogP contribution < -0.4 is 0 Å². The lowest BCUT2D eigenvalue weighted by atomic mass is 10.1. The van der Waals surface area contributed by atoms with Crippen LogP contribution in [-0.2, 0) is 11.2 Å². The average Bonchev–Trinajstić information content (AvgIpc) is 3.09. The zero-order valence-electron chi connectivity index (χ0n) is 9.32. The Morgan fingerprint density at radius 1 is 1.00 bits per heavy atom. The highest BCUT2D eigenvalue weighted by atomic mass is 16.6. The van der Waals surface area contributed by atoms with E-state index in [1.54, 1.807) is 0 Å². The van der Waals surface area contributed by atoms with Gasteiger partial charge in [0, 0.05) is 0 Å². The van der Waals surface area contributed by atoms with Gasteiger partial charge in [0.15, 0.2) is 0 Å².